The van der Waals surface area contributed by atoms with Crippen LogP contribution in [0.25, 0.3) is 0 Å². The molecule has 0 saturated heterocycles. The van der Waals surface area contributed by atoms with Gasteiger partial charge in [0.25, 0.3) is 5.56 Å². The molecule has 1 aromatic heterocycles. The van der Waals surface area contributed by atoms with Crippen molar-refractivity contribution in [1.29, 1.82) is 0 Å². The van der Waals surface area contributed by atoms with Gasteiger partial charge >= 0.3 is 5.97 Å². The maximum atomic E-state index is 13.1. The fourth-order valence-electron chi connectivity index (χ4n) is 3.74. The van der Waals surface area contributed by atoms with Gasteiger partial charge < -0.3 is 10.1 Å². The monoisotopic (exact) mass is 487 g/mol. The van der Waals surface area contributed by atoms with Gasteiger partial charge in [-0.05, 0) is 36.1 Å². The summed E-state index contributed by atoms with van der Waals surface area (Å²) in [6.07, 6.45) is 1.96. The summed E-state index contributed by atoms with van der Waals surface area (Å²) in [6, 6.07) is 14.9. The highest BCUT2D eigenvalue weighted by Gasteiger charge is 2.33. The van der Waals surface area contributed by atoms with E-state index in [0.29, 0.717) is 24.1 Å². The van der Waals surface area contributed by atoms with Crippen LogP contribution in [0.3, 0.4) is 0 Å². The molecule has 0 bridgehead atoms. The van der Waals surface area contributed by atoms with E-state index < -0.39 is 27.4 Å². The van der Waals surface area contributed by atoms with Crippen LogP contribution in [0.15, 0.2) is 64.3 Å². The second-order valence-electron chi connectivity index (χ2n) is 7.79. The second-order valence-corrected chi connectivity index (χ2v) is 10.2. The molecule has 4 rings (SSSR count). The minimum Gasteiger partial charge on any atom is -0.459 e. The SMILES string of the molecule is CS(=O)(=O)c1cccc(CNc2nc(Cl)c3n(c2=O)[C@H](C(=O)OCc2ccccc2)CC3)c1. The lowest BCUT2D eigenvalue weighted by Crippen LogP contribution is -2.31. The molecule has 0 unspecified atom stereocenters. The lowest BCUT2D eigenvalue weighted by Gasteiger charge is -2.16. The second kappa shape index (κ2) is 9.36. The summed E-state index contributed by atoms with van der Waals surface area (Å²) in [7, 11) is -3.36. The van der Waals surface area contributed by atoms with Crippen LogP contribution in [-0.2, 0) is 38.9 Å². The van der Waals surface area contributed by atoms with Crippen molar-refractivity contribution in [2.24, 2.45) is 0 Å². The van der Waals surface area contributed by atoms with E-state index in [1.165, 1.54) is 16.7 Å². The first-order chi connectivity index (χ1) is 15.7. The maximum Gasteiger partial charge on any atom is 0.329 e. The molecule has 2 heterocycles. The van der Waals surface area contributed by atoms with Crippen LogP contribution in [0.5, 0.6) is 0 Å². The third kappa shape index (κ3) is 5.09. The van der Waals surface area contributed by atoms with Gasteiger partial charge in [-0.3, -0.25) is 9.36 Å². The molecule has 172 valence electrons. The number of rotatable bonds is 7. The summed E-state index contributed by atoms with van der Waals surface area (Å²) in [5.41, 5.74) is 1.52. The van der Waals surface area contributed by atoms with E-state index in [2.05, 4.69) is 10.3 Å². The van der Waals surface area contributed by atoms with Gasteiger partial charge in [-0.1, -0.05) is 54.1 Å². The molecule has 10 heteroatoms. The Morgan fingerprint density at radius 3 is 2.64 bits per heavy atom. The highest BCUT2D eigenvalue weighted by atomic mass is 35.5. The minimum atomic E-state index is -3.36. The van der Waals surface area contributed by atoms with Crippen molar-refractivity contribution in [1.82, 2.24) is 9.55 Å². The first-order valence-electron chi connectivity index (χ1n) is 10.3. The number of carbonyl (C=O) groups is 1. The first kappa shape index (κ1) is 23.0. The molecule has 33 heavy (non-hydrogen) atoms. The summed E-state index contributed by atoms with van der Waals surface area (Å²) in [4.78, 5) is 30.2. The Balaban J connectivity index is 1.54. The molecule has 1 atom stereocenters. The molecular formula is C23H22ClN3O5S. The molecule has 8 nitrogen and oxygen atoms in total. The van der Waals surface area contributed by atoms with E-state index in [1.807, 2.05) is 30.3 Å². The van der Waals surface area contributed by atoms with Crippen molar-refractivity contribution in [2.75, 3.05) is 11.6 Å². The van der Waals surface area contributed by atoms with E-state index in [1.54, 1.807) is 12.1 Å². The zero-order chi connectivity index (χ0) is 23.6. The van der Waals surface area contributed by atoms with Crippen molar-refractivity contribution in [2.45, 2.75) is 36.9 Å². The molecule has 0 fully saturated rings. The number of esters is 1. The van der Waals surface area contributed by atoms with Crippen molar-refractivity contribution in [3.63, 3.8) is 0 Å². The molecule has 3 aromatic rings. The Morgan fingerprint density at radius 1 is 1.18 bits per heavy atom. The number of sulfone groups is 1. The lowest BCUT2D eigenvalue weighted by atomic mass is 10.2. The van der Waals surface area contributed by atoms with Crippen LogP contribution in [0, 0.1) is 0 Å². The highest BCUT2D eigenvalue weighted by Crippen LogP contribution is 2.30. The summed E-state index contributed by atoms with van der Waals surface area (Å²) in [6.45, 7) is 0.269. The van der Waals surface area contributed by atoms with Gasteiger partial charge in [-0.15, -0.1) is 0 Å². The van der Waals surface area contributed by atoms with Gasteiger partial charge in [-0.2, -0.15) is 0 Å². The van der Waals surface area contributed by atoms with Gasteiger partial charge in [0.1, 0.15) is 12.6 Å². The zero-order valence-electron chi connectivity index (χ0n) is 17.8. The van der Waals surface area contributed by atoms with Gasteiger partial charge in [0, 0.05) is 12.8 Å². The minimum absolute atomic E-state index is 0.0173. The number of nitrogens with one attached hydrogen (secondary N) is 1. The van der Waals surface area contributed by atoms with Crippen LogP contribution < -0.4 is 10.9 Å². The van der Waals surface area contributed by atoms with E-state index in [9.17, 15) is 18.0 Å². The Bertz CT molecular complexity index is 1360. The van der Waals surface area contributed by atoms with Crippen molar-refractivity contribution >= 4 is 33.2 Å². The van der Waals surface area contributed by atoms with E-state index in [4.69, 9.17) is 16.3 Å². The fraction of sp³-hybridized carbons (Fsp3) is 0.261. The maximum absolute atomic E-state index is 13.1. The molecule has 0 amide bonds. The zero-order valence-corrected chi connectivity index (χ0v) is 19.4. The number of ether oxygens (including phenoxy) is 1. The van der Waals surface area contributed by atoms with Crippen LogP contribution in [0.2, 0.25) is 5.15 Å². The van der Waals surface area contributed by atoms with Crippen molar-refractivity contribution < 1.29 is 17.9 Å². The topological polar surface area (TPSA) is 107 Å². The number of nitrogens with zero attached hydrogens (tertiary/aromatic N) is 2. The Kier molecular flexibility index (Phi) is 6.53. The average Bonchev–Trinajstić information content (AvgIpc) is 3.25. The molecule has 0 radical (unpaired) electrons. The lowest BCUT2D eigenvalue weighted by molar-refractivity contribution is -0.148. The number of benzene rings is 2. The smallest absolute Gasteiger partial charge is 0.329 e. The Labute approximate surface area is 196 Å². The molecule has 1 N–H and O–H groups in total. The Morgan fingerprint density at radius 2 is 1.91 bits per heavy atom. The number of aromatic nitrogens is 2. The van der Waals surface area contributed by atoms with E-state index in [-0.39, 0.29) is 29.0 Å². The first-order valence-corrected chi connectivity index (χ1v) is 12.6. The quantitative estimate of drug-likeness (QED) is 0.510. The number of anilines is 1. The van der Waals surface area contributed by atoms with Gasteiger partial charge in [0.15, 0.2) is 20.8 Å². The van der Waals surface area contributed by atoms with Gasteiger partial charge in [0.05, 0.1) is 10.6 Å². The number of fused-ring (bicyclic) bond motifs is 1. The van der Waals surface area contributed by atoms with Crippen molar-refractivity contribution in [3.05, 3.63) is 86.9 Å². The molecule has 2 aromatic carbocycles. The Hall–Kier alpha value is -3.17. The van der Waals surface area contributed by atoms with Crippen LogP contribution in [0.4, 0.5) is 5.82 Å². The van der Waals surface area contributed by atoms with Gasteiger partial charge in [-0.25, -0.2) is 18.2 Å². The highest BCUT2D eigenvalue weighted by molar-refractivity contribution is 7.90. The van der Waals surface area contributed by atoms with E-state index in [0.717, 1.165) is 11.8 Å². The van der Waals surface area contributed by atoms with Crippen LogP contribution in [0.1, 0.15) is 29.3 Å². The average molecular weight is 488 g/mol. The summed E-state index contributed by atoms with van der Waals surface area (Å²) in [5.74, 6) is -0.523. The molecule has 0 spiro atoms. The number of carbonyl (C=O) groups excluding carboxylic acids is 1. The van der Waals surface area contributed by atoms with Crippen LogP contribution >= 0.6 is 11.6 Å². The molecule has 1 aliphatic rings. The summed E-state index contributed by atoms with van der Waals surface area (Å²) in [5, 5.41) is 3.06. The third-order valence-electron chi connectivity index (χ3n) is 5.41. The predicted octanol–water partition coefficient (Wildman–Crippen LogP) is 3.14. The normalized spacial score (nSPS) is 15.2. The van der Waals surface area contributed by atoms with Crippen LogP contribution in [-0.4, -0.2) is 30.2 Å². The summed E-state index contributed by atoms with van der Waals surface area (Å²) < 4.78 is 30.3. The number of hydrogen-bond donors (Lipinski definition) is 1. The predicted molar refractivity (Wildman–Crippen MR) is 124 cm³/mol. The molecule has 0 saturated carbocycles. The van der Waals surface area contributed by atoms with Crippen molar-refractivity contribution in [3.8, 4) is 0 Å². The summed E-state index contributed by atoms with van der Waals surface area (Å²) >= 11 is 6.31. The number of hydrogen-bond acceptors (Lipinski definition) is 7. The standard InChI is InChI=1S/C23H22ClN3O5S/c1-33(30,31)17-9-5-8-16(12-17)13-25-21-22(28)27-18(20(24)26-21)10-11-19(27)23(29)32-14-15-6-3-2-4-7-15/h2-9,12,19H,10-11,13-14H2,1H3,(H,25,26)/t19-/m0/s1. The number of halogens is 1. The van der Waals surface area contributed by atoms with E-state index >= 15 is 0 Å². The molecule has 1 aliphatic heterocycles. The molecule has 0 aliphatic carbocycles. The largest absolute Gasteiger partial charge is 0.459 e. The van der Waals surface area contributed by atoms with Gasteiger partial charge in [0.2, 0.25) is 0 Å². The molecular weight excluding hydrogens is 466 g/mol. The fourth-order valence-corrected chi connectivity index (χ4v) is 4.70. The third-order valence-corrected chi connectivity index (χ3v) is 6.82.